The van der Waals surface area contributed by atoms with Gasteiger partial charge in [-0.25, -0.2) is 4.99 Å². The second kappa shape index (κ2) is 15.6. The van der Waals surface area contributed by atoms with Crippen LogP contribution in [0.15, 0.2) is 4.99 Å². The molecule has 0 spiro atoms. The fourth-order valence-electron chi connectivity index (χ4n) is 2.58. The van der Waals surface area contributed by atoms with Crippen LogP contribution in [-0.4, -0.2) is 75.9 Å². The number of carbonyl (C=O) groups is 1. The molecule has 1 rings (SSSR count). The number of rotatable bonds is 10. The first-order valence-electron chi connectivity index (χ1n) is 9.11. The first kappa shape index (κ1) is 24.4. The maximum Gasteiger partial charge on any atom is 0.241 e. The summed E-state index contributed by atoms with van der Waals surface area (Å²) < 4.78 is 10.9. The minimum atomic E-state index is -0.0244. The molecule has 1 heterocycles. The highest BCUT2D eigenvalue weighted by atomic mass is 127. The van der Waals surface area contributed by atoms with E-state index in [9.17, 15) is 4.79 Å². The smallest absolute Gasteiger partial charge is 0.241 e. The van der Waals surface area contributed by atoms with Gasteiger partial charge in [0.15, 0.2) is 5.96 Å². The third-order valence-electron chi connectivity index (χ3n) is 3.87. The lowest BCUT2D eigenvalue weighted by Gasteiger charge is -2.34. The number of aliphatic imine (C=N–C) groups is 1. The molecule has 8 heteroatoms. The zero-order valence-corrected chi connectivity index (χ0v) is 18.2. The van der Waals surface area contributed by atoms with Crippen molar-refractivity contribution in [2.75, 3.05) is 53.0 Å². The van der Waals surface area contributed by atoms with Gasteiger partial charge in [0.1, 0.15) is 6.54 Å². The lowest BCUT2D eigenvalue weighted by molar-refractivity contribution is -0.119. The molecular formula is C17H35IN4O3. The highest BCUT2D eigenvalue weighted by molar-refractivity contribution is 14.0. The summed E-state index contributed by atoms with van der Waals surface area (Å²) in [7, 11) is 1.71. The second-order valence-corrected chi connectivity index (χ2v) is 5.92. The van der Waals surface area contributed by atoms with Crippen LogP contribution < -0.4 is 10.6 Å². The first-order chi connectivity index (χ1) is 11.7. The van der Waals surface area contributed by atoms with E-state index in [-0.39, 0.29) is 36.4 Å². The van der Waals surface area contributed by atoms with E-state index < -0.39 is 0 Å². The van der Waals surface area contributed by atoms with Crippen LogP contribution in [0.3, 0.4) is 0 Å². The van der Waals surface area contributed by atoms with E-state index >= 15 is 0 Å². The van der Waals surface area contributed by atoms with E-state index in [0.717, 1.165) is 64.5 Å². The van der Waals surface area contributed by atoms with Crippen molar-refractivity contribution in [3.05, 3.63) is 0 Å². The monoisotopic (exact) mass is 470 g/mol. The Morgan fingerprint density at radius 2 is 1.92 bits per heavy atom. The van der Waals surface area contributed by atoms with Crippen LogP contribution in [-0.2, 0) is 14.3 Å². The lowest BCUT2D eigenvalue weighted by atomic mass is 10.1. The number of halogens is 1. The van der Waals surface area contributed by atoms with Gasteiger partial charge in [-0.2, -0.15) is 0 Å². The number of carbonyl (C=O) groups excluding carboxylic acids is 1. The Kier molecular flexibility index (Phi) is 15.2. The Balaban J connectivity index is 0.00000576. The summed E-state index contributed by atoms with van der Waals surface area (Å²) in [4.78, 5) is 18.4. The molecule has 1 saturated heterocycles. The van der Waals surface area contributed by atoms with Crippen LogP contribution in [0, 0.1) is 0 Å². The van der Waals surface area contributed by atoms with Crippen LogP contribution in [0.5, 0.6) is 0 Å². The fourth-order valence-corrected chi connectivity index (χ4v) is 2.58. The molecule has 1 aliphatic heterocycles. The van der Waals surface area contributed by atoms with Gasteiger partial charge >= 0.3 is 0 Å². The molecule has 0 aromatic rings. The van der Waals surface area contributed by atoms with Gasteiger partial charge in [0.05, 0.1) is 6.10 Å². The molecule has 7 nitrogen and oxygen atoms in total. The minimum absolute atomic E-state index is 0. The third kappa shape index (κ3) is 10.9. The number of likely N-dealkylation sites (tertiary alicyclic amines) is 1. The van der Waals surface area contributed by atoms with E-state index in [0.29, 0.717) is 12.6 Å². The van der Waals surface area contributed by atoms with E-state index in [1.54, 1.807) is 7.11 Å². The van der Waals surface area contributed by atoms with E-state index in [2.05, 4.69) is 20.5 Å². The standard InChI is InChI=1S/C17H34N4O3.HI/c1-4-9-19-16(22)14-20-17(18-5-2)21-10-7-15(8-11-21)24-13-6-12-23-3;/h15H,4-14H2,1-3H3,(H,18,20)(H,19,22);1H. The van der Waals surface area contributed by atoms with Crippen molar-refractivity contribution in [1.29, 1.82) is 0 Å². The van der Waals surface area contributed by atoms with Gasteiger partial charge in [0, 0.05) is 46.5 Å². The molecule has 25 heavy (non-hydrogen) atoms. The van der Waals surface area contributed by atoms with Crippen molar-refractivity contribution in [2.45, 2.75) is 45.6 Å². The summed E-state index contributed by atoms with van der Waals surface area (Å²) in [5.74, 6) is 0.797. The average Bonchev–Trinajstić information content (AvgIpc) is 2.61. The molecule has 0 unspecified atom stereocenters. The molecule has 0 bridgehead atoms. The van der Waals surface area contributed by atoms with Gasteiger partial charge < -0.3 is 25.0 Å². The minimum Gasteiger partial charge on any atom is -0.385 e. The van der Waals surface area contributed by atoms with Crippen molar-refractivity contribution in [1.82, 2.24) is 15.5 Å². The Labute approximate surface area is 169 Å². The molecule has 0 radical (unpaired) electrons. The zero-order chi connectivity index (χ0) is 17.6. The maximum atomic E-state index is 11.7. The lowest BCUT2D eigenvalue weighted by Crippen LogP contribution is -2.47. The van der Waals surface area contributed by atoms with Crippen LogP contribution in [0.2, 0.25) is 0 Å². The van der Waals surface area contributed by atoms with Crippen molar-refractivity contribution < 1.29 is 14.3 Å². The largest absolute Gasteiger partial charge is 0.385 e. The number of ether oxygens (including phenoxy) is 2. The summed E-state index contributed by atoms with van der Waals surface area (Å²) in [6.45, 7) is 9.05. The number of nitrogens with zero attached hydrogens (tertiary/aromatic N) is 2. The predicted octanol–water partition coefficient (Wildman–Crippen LogP) is 1.61. The molecule has 1 aliphatic rings. The highest BCUT2D eigenvalue weighted by Gasteiger charge is 2.21. The SMILES string of the molecule is CCCNC(=O)CN=C(NCC)N1CCC(OCCCOC)CC1.I. The van der Waals surface area contributed by atoms with Gasteiger partial charge in [-0.15, -0.1) is 24.0 Å². The van der Waals surface area contributed by atoms with Crippen LogP contribution in [0.1, 0.15) is 39.5 Å². The quantitative estimate of drug-likeness (QED) is 0.220. The van der Waals surface area contributed by atoms with Crippen LogP contribution in [0.4, 0.5) is 0 Å². The van der Waals surface area contributed by atoms with Crippen LogP contribution in [0.25, 0.3) is 0 Å². The number of methoxy groups -OCH3 is 1. The van der Waals surface area contributed by atoms with Crippen molar-refractivity contribution in [3.63, 3.8) is 0 Å². The van der Waals surface area contributed by atoms with Gasteiger partial charge in [-0.3, -0.25) is 4.79 Å². The number of piperidine rings is 1. The van der Waals surface area contributed by atoms with Gasteiger partial charge in [-0.1, -0.05) is 6.92 Å². The van der Waals surface area contributed by atoms with Crippen molar-refractivity contribution in [3.8, 4) is 0 Å². The number of nitrogens with one attached hydrogen (secondary N) is 2. The van der Waals surface area contributed by atoms with Gasteiger partial charge in [0.2, 0.25) is 5.91 Å². The third-order valence-corrected chi connectivity index (χ3v) is 3.87. The Bertz CT molecular complexity index is 375. The number of hydrogen-bond acceptors (Lipinski definition) is 4. The molecule has 1 amide bonds. The van der Waals surface area contributed by atoms with E-state index in [1.807, 2.05) is 13.8 Å². The molecule has 0 aromatic carbocycles. The van der Waals surface area contributed by atoms with Crippen molar-refractivity contribution in [2.24, 2.45) is 4.99 Å². The Morgan fingerprint density at radius 1 is 1.20 bits per heavy atom. The Morgan fingerprint density at radius 3 is 2.52 bits per heavy atom. The number of guanidine groups is 1. The molecule has 148 valence electrons. The average molecular weight is 470 g/mol. The number of hydrogen-bond donors (Lipinski definition) is 2. The predicted molar refractivity (Wildman–Crippen MR) is 112 cm³/mol. The molecule has 0 aliphatic carbocycles. The van der Waals surface area contributed by atoms with Gasteiger partial charge in [-0.05, 0) is 32.6 Å². The molecular weight excluding hydrogens is 435 g/mol. The topological polar surface area (TPSA) is 75.2 Å². The number of amides is 1. The van der Waals surface area contributed by atoms with E-state index in [4.69, 9.17) is 9.47 Å². The first-order valence-corrected chi connectivity index (χ1v) is 9.11. The summed E-state index contributed by atoms with van der Waals surface area (Å²) >= 11 is 0. The molecule has 0 saturated carbocycles. The second-order valence-electron chi connectivity index (χ2n) is 5.92. The normalized spacial score (nSPS) is 15.6. The maximum absolute atomic E-state index is 11.7. The fraction of sp³-hybridized carbons (Fsp3) is 0.882. The summed E-state index contributed by atoms with van der Waals surface area (Å²) in [5, 5.41) is 6.13. The van der Waals surface area contributed by atoms with Crippen molar-refractivity contribution >= 4 is 35.8 Å². The molecule has 1 fully saturated rings. The van der Waals surface area contributed by atoms with E-state index in [1.165, 1.54) is 0 Å². The zero-order valence-electron chi connectivity index (χ0n) is 15.9. The van der Waals surface area contributed by atoms with Gasteiger partial charge in [0.25, 0.3) is 0 Å². The highest BCUT2D eigenvalue weighted by Crippen LogP contribution is 2.14. The molecule has 0 atom stereocenters. The summed E-state index contributed by atoms with van der Waals surface area (Å²) in [6, 6.07) is 0. The Hall–Kier alpha value is -0.610. The summed E-state index contributed by atoms with van der Waals surface area (Å²) in [6.07, 6.45) is 4.16. The van der Waals surface area contributed by atoms with Crippen LogP contribution >= 0.6 is 24.0 Å². The molecule has 0 aromatic heterocycles. The summed E-state index contributed by atoms with van der Waals surface area (Å²) in [5.41, 5.74) is 0. The molecule has 2 N–H and O–H groups in total.